The Balaban J connectivity index is 1.55. The summed E-state index contributed by atoms with van der Waals surface area (Å²) in [7, 11) is -4.09. The predicted octanol–water partition coefficient (Wildman–Crippen LogP) is 5.74. The van der Waals surface area contributed by atoms with Crippen molar-refractivity contribution in [3.05, 3.63) is 59.2 Å². The standard InChI is InChI=1S/C22H24F6NO6P/c1-20(29,19-34-36(30,31)35-19)11-10-15-6-9-18(17(13-15)21(23,24)25)32-12-2-3-14-4-7-16(8-5-14)33-22(26,27)28/h4-9,13,19H,2-3,10-12,29H2,1H3,(H,30,31). The van der Waals surface area contributed by atoms with Gasteiger partial charge < -0.3 is 20.1 Å². The third-order valence-electron chi connectivity index (χ3n) is 5.32. The molecular weight excluding hydrogens is 519 g/mol. The topological polar surface area (TPSA) is 100 Å². The lowest BCUT2D eigenvalue weighted by Crippen LogP contribution is -2.54. The zero-order valence-corrected chi connectivity index (χ0v) is 19.8. The SMILES string of the molecule is CC(N)(CCc1ccc(OCCCc2ccc(OC(F)(F)F)cc2)c(C(F)(F)F)c1)C1OP(=O)(O)O1. The molecule has 0 bridgehead atoms. The van der Waals surface area contributed by atoms with Gasteiger partial charge in [0.2, 0.25) is 0 Å². The minimum absolute atomic E-state index is 0.0539. The molecule has 0 amide bonds. The Morgan fingerprint density at radius 1 is 1.00 bits per heavy atom. The first-order chi connectivity index (χ1) is 16.5. The zero-order valence-electron chi connectivity index (χ0n) is 18.9. The van der Waals surface area contributed by atoms with E-state index in [2.05, 4.69) is 4.74 Å². The van der Waals surface area contributed by atoms with Crippen molar-refractivity contribution in [3.8, 4) is 11.5 Å². The maximum Gasteiger partial charge on any atom is 0.573 e. The molecule has 1 atom stereocenters. The number of benzene rings is 2. The van der Waals surface area contributed by atoms with Gasteiger partial charge in [0.25, 0.3) is 0 Å². The molecule has 3 rings (SSSR count). The molecule has 2 aromatic rings. The van der Waals surface area contributed by atoms with Crippen molar-refractivity contribution in [2.24, 2.45) is 5.73 Å². The van der Waals surface area contributed by atoms with Crippen LogP contribution in [0.15, 0.2) is 42.5 Å². The van der Waals surface area contributed by atoms with Crippen LogP contribution in [0.4, 0.5) is 26.3 Å². The van der Waals surface area contributed by atoms with E-state index >= 15 is 0 Å². The number of alkyl halides is 6. The molecule has 3 N–H and O–H groups in total. The Labute approximate surface area is 202 Å². The van der Waals surface area contributed by atoms with E-state index in [1.54, 1.807) is 0 Å². The molecule has 1 fully saturated rings. The molecule has 2 aromatic carbocycles. The van der Waals surface area contributed by atoms with Crippen LogP contribution in [0.25, 0.3) is 0 Å². The van der Waals surface area contributed by atoms with E-state index in [9.17, 15) is 30.9 Å². The lowest BCUT2D eigenvalue weighted by Gasteiger charge is -2.40. The van der Waals surface area contributed by atoms with Gasteiger partial charge in [-0.15, -0.1) is 13.2 Å². The minimum Gasteiger partial charge on any atom is -0.493 e. The molecule has 14 heteroatoms. The van der Waals surface area contributed by atoms with E-state index in [4.69, 9.17) is 24.4 Å². The van der Waals surface area contributed by atoms with Crippen LogP contribution < -0.4 is 15.2 Å². The highest BCUT2D eigenvalue weighted by Crippen LogP contribution is 2.58. The maximum absolute atomic E-state index is 13.6. The van der Waals surface area contributed by atoms with Crippen molar-refractivity contribution >= 4 is 7.82 Å². The molecule has 1 heterocycles. The van der Waals surface area contributed by atoms with E-state index in [1.165, 1.54) is 31.2 Å². The van der Waals surface area contributed by atoms with Gasteiger partial charge in [-0.2, -0.15) is 13.2 Å². The number of nitrogens with two attached hydrogens (primary N) is 1. The molecule has 0 aromatic heterocycles. The Hall–Kier alpha value is -2.31. The van der Waals surface area contributed by atoms with Crippen LogP contribution >= 0.6 is 7.82 Å². The molecule has 0 aliphatic carbocycles. The van der Waals surface area contributed by atoms with Gasteiger partial charge in [-0.05, 0) is 68.0 Å². The second-order valence-corrected chi connectivity index (χ2v) is 9.85. The fraction of sp³-hybridized carbons (Fsp3) is 0.455. The Kier molecular flexibility index (Phi) is 8.31. The Morgan fingerprint density at radius 2 is 1.61 bits per heavy atom. The molecule has 0 saturated carbocycles. The summed E-state index contributed by atoms with van der Waals surface area (Å²) in [6, 6.07) is 8.78. The molecule has 1 unspecified atom stereocenters. The number of phosphoric ester groups is 1. The van der Waals surface area contributed by atoms with Gasteiger partial charge >= 0.3 is 20.4 Å². The molecule has 1 aliphatic heterocycles. The minimum atomic E-state index is -4.80. The normalized spacial score (nSPS) is 22.0. The van der Waals surface area contributed by atoms with Crippen molar-refractivity contribution in [3.63, 3.8) is 0 Å². The first-order valence-corrected chi connectivity index (χ1v) is 12.2. The summed E-state index contributed by atoms with van der Waals surface area (Å²) >= 11 is 0. The second kappa shape index (κ2) is 10.6. The maximum atomic E-state index is 13.6. The molecule has 36 heavy (non-hydrogen) atoms. The number of aryl methyl sites for hydroxylation is 2. The van der Waals surface area contributed by atoms with Crippen LogP contribution in [0.5, 0.6) is 11.5 Å². The van der Waals surface area contributed by atoms with Crippen LogP contribution in [0.3, 0.4) is 0 Å². The summed E-state index contributed by atoms with van der Waals surface area (Å²) < 4.78 is 107. The Morgan fingerprint density at radius 3 is 2.17 bits per heavy atom. The third kappa shape index (κ3) is 8.10. The van der Waals surface area contributed by atoms with Crippen molar-refractivity contribution in [1.29, 1.82) is 0 Å². The van der Waals surface area contributed by atoms with E-state index < -0.39 is 37.8 Å². The van der Waals surface area contributed by atoms with Crippen molar-refractivity contribution in [1.82, 2.24) is 0 Å². The number of phosphoric acid groups is 1. The van der Waals surface area contributed by atoms with Gasteiger partial charge in [0.1, 0.15) is 11.5 Å². The van der Waals surface area contributed by atoms with Crippen molar-refractivity contribution in [2.75, 3.05) is 6.61 Å². The number of halogens is 6. The van der Waals surface area contributed by atoms with Gasteiger partial charge in [0, 0.05) is 0 Å². The summed E-state index contributed by atoms with van der Waals surface area (Å²) in [5, 5.41) is 0. The highest BCUT2D eigenvalue weighted by Gasteiger charge is 2.50. The van der Waals surface area contributed by atoms with Crippen LogP contribution in [-0.2, 0) is 32.6 Å². The summed E-state index contributed by atoms with van der Waals surface area (Å²) in [5.41, 5.74) is 4.83. The third-order valence-corrected chi connectivity index (χ3v) is 6.24. The summed E-state index contributed by atoms with van der Waals surface area (Å²) in [6.45, 7) is 1.44. The molecular formula is C22H24F6NO6P. The second-order valence-electron chi connectivity index (χ2n) is 8.49. The van der Waals surface area contributed by atoms with E-state index in [-0.39, 0.29) is 30.9 Å². The van der Waals surface area contributed by atoms with Crippen LogP contribution in [0.2, 0.25) is 0 Å². The lowest BCUT2D eigenvalue weighted by atomic mass is 9.93. The molecule has 0 spiro atoms. The molecule has 0 radical (unpaired) electrons. The molecule has 7 nitrogen and oxygen atoms in total. The van der Waals surface area contributed by atoms with Crippen molar-refractivity contribution in [2.45, 2.75) is 57.0 Å². The van der Waals surface area contributed by atoms with Crippen molar-refractivity contribution < 1.29 is 54.3 Å². The number of rotatable bonds is 10. The fourth-order valence-electron chi connectivity index (χ4n) is 3.42. The summed E-state index contributed by atoms with van der Waals surface area (Å²) in [5.74, 6) is -0.726. The number of ether oxygens (including phenoxy) is 2. The fourth-order valence-corrected chi connectivity index (χ4v) is 4.40. The largest absolute Gasteiger partial charge is 0.573 e. The molecule has 1 aliphatic rings. The average Bonchev–Trinajstić information content (AvgIpc) is 2.73. The number of hydrogen-bond acceptors (Lipinski definition) is 6. The molecule has 200 valence electrons. The van der Waals surface area contributed by atoms with Gasteiger partial charge in [0.05, 0.1) is 17.7 Å². The quantitative estimate of drug-likeness (QED) is 0.224. The summed E-state index contributed by atoms with van der Waals surface area (Å²) in [4.78, 5) is 9.06. The van der Waals surface area contributed by atoms with Gasteiger partial charge in [-0.1, -0.05) is 18.2 Å². The zero-order chi connectivity index (χ0) is 26.8. The smallest absolute Gasteiger partial charge is 0.493 e. The van der Waals surface area contributed by atoms with E-state index in [0.717, 1.165) is 18.2 Å². The first-order valence-electron chi connectivity index (χ1n) is 10.7. The highest BCUT2D eigenvalue weighted by atomic mass is 31.2. The number of hydrogen-bond donors (Lipinski definition) is 2. The van der Waals surface area contributed by atoms with E-state index in [0.29, 0.717) is 24.0 Å². The van der Waals surface area contributed by atoms with E-state index in [1.807, 2.05) is 0 Å². The highest BCUT2D eigenvalue weighted by molar-refractivity contribution is 7.48. The monoisotopic (exact) mass is 543 g/mol. The van der Waals surface area contributed by atoms with Gasteiger partial charge in [-0.3, -0.25) is 9.05 Å². The van der Waals surface area contributed by atoms with Crippen LogP contribution in [-0.4, -0.2) is 29.7 Å². The first kappa shape index (κ1) is 28.3. The van der Waals surface area contributed by atoms with Gasteiger partial charge in [0.15, 0.2) is 6.29 Å². The predicted molar refractivity (Wildman–Crippen MR) is 115 cm³/mol. The van der Waals surface area contributed by atoms with Gasteiger partial charge in [-0.25, -0.2) is 4.57 Å². The van der Waals surface area contributed by atoms with Crippen LogP contribution in [0.1, 0.15) is 36.5 Å². The van der Waals surface area contributed by atoms with Crippen LogP contribution in [0, 0.1) is 0 Å². The summed E-state index contributed by atoms with van der Waals surface area (Å²) in [6.07, 6.45) is -9.71. The average molecular weight is 543 g/mol. The Bertz CT molecular complexity index is 1080. The molecule has 1 saturated heterocycles. The lowest BCUT2D eigenvalue weighted by molar-refractivity contribution is -0.274.